The molecule has 9 aromatic carbocycles. The van der Waals surface area contributed by atoms with Gasteiger partial charge in [-0.15, -0.1) is 0 Å². The van der Waals surface area contributed by atoms with Gasteiger partial charge in [0.1, 0.15) is 0 Å². The van der Waals surface area contributed by atoms with Crippen molar-refractivity contribution < 1.29 is 0 Å². The van der Waals surface area contributed by atoms with Crippen molar-refractivity contribution in [3.8, 4) is 33.4 Å². The Morgan fingerprint density at radius 1 is 0.494 bits per heavy atom. The summed E-state index contributed by atoms with van der Waals surface area (Å²) in [5, 5.41) is 1.55. The minimum atomic E-state index is -1.66. The molecule has 0 spiro atoms. The normalized spacial score (nSPS) is 20.3. The second-order valence-corrected chi connectivity index (χ2v) is 33.9. The molecule has 0 aromatic heterocycles. The van der Waals surface area contributed by atoms with Gasteiger partial charge >= 0.3 is 0 Å². The molecule has 5 heteroatoms. The zero-order valence-electron chi connectivity index (χ0n) is 51.3. The summed E-state index contributed by atoms with van der Waals surface area (Å²) in [6.45, 7) is 29.8. The van der Waals surface area contributed by atoms with Crippen LogP contribution in [-0.4, -0.2) is 20.3 Å². The fourth-order valence-corrected chi connectivity index (χ4v) is 17.2. The first-order valence-electron chi connectivity index (χ1n) is 31.2. The summed E-state index contributed by atoms with van der Waals surface area (Å²) in [6, 6.07) is 76.1. The van der Waals surface area contributed by atoms with E-state index in [9.17, 15) is 0 Å². The number of benzene rings is 9. The quantitative estimate of drug-likeness (QED) is 0.140. The van der Waals surface area contributed by atoms with Crippen LogP contribution in [0.15, 0.2) is 194 Å². The lowest BCUT2D eigenvalue weighted by Crippen LogP contribution is -2.62. The van der Waals surface area contributed by atoms with Crippen LogP contribution in [0.5, 0.6) is 0 Å². The minimum Gasteiger partial charge on any atom is -0.334 e. The Balaban J connectivity index is 1.15. The summed E-state index contributed by atoms with van der Waals surface area (Å²) in [5.74, 6) is 0.960. The lowest BCUT2D eigenvalue weighted by molar-refractivity contribution is 0.195. The predicted octanol–water partition coefficient (Wildman–Crippen LogP) is 19.2. The van der Waals surface area contributed by atoms with E-state index in [4.69, 9.17) is 0 Å². The van der Waals surface area contributed by atoms with Gasteiger partial charge in [-0.2, -0.15) is 0 Å². The molecule has 2 aliphatic carbocycles. The minimum absolute atomic E-state index is 0.0102. The average Bonchev–Trinajstić information content (AvgIpc) is 1.76. The number of nitrogens with zero attached hydrogens (tertiary/aromatic N) is 3. The second kappa shape index (κ2) is 19.4. The molecule has 0 bridgehead atoms. The maximum Gasteiger partial charge on any atom is 0.252 e. The van der Waals surface area contributed by atoms with Gasteiger partial charge < -0.3 is 14.7 Å². The highest BCUT2D eigenvalue weighted by molar-refractivity contribution is 7.00. The van der Waals surface area contributed by atoms with E-state index in [2.05, 4.69) is 291 Å². The van der Waals surface area contributed by atoms with Crippen LogP contribution in [0.4, 0.5) is 45.5 Å². The van der Waals surface area contributed by atoms with Crippen LogP contribution >= 0.6 is 0 Å². The number of rotatable bonds is 8. The van der Waals surface area contributed by atoms with Gasteiger partial charge in [-0.05, 0) is 176 Å². The highest BCUT2D eigenvalue weighted by Gasteiger charge is 2.58. The monoisotopic (exact) mass is 1100 g/mol. The fraction of sp³-hybridized carbons (Fsp3) is 0.308. The molecule has 416 valence electrons. The molecule has 14 rings (SSSR count). The predicted molar refractivity (Wildman–Crippen MR) is 361 cm³/mol. The van der Waals surface area contributed by atoms with E-state index in [1.165, 1.54) is 144 Å². The molecule has 3 aliphatic heterocycles. The molecule has 3 nitrogen and oxygen atoms in total. The van der Waals surface area contributed by atoms with Crippen molar-refractivity contribution in [3.05, 3.63) is 216 Å². The van der Waals surface area contributed by atoms with E-state index < -0.39 is 8.07 Å². The molecule has 0 amide bonds. The lowest BCUT2D eigenvalue weighted by atomic mass is 9.33. The molecule has 0 N–H and O–H groups in total. The zero-order chi connectivity index (χ0) is 57.5. The third-order valence-electron chi connectivity index (χ3n) is 21.0. The van der Waals surface area contributed by atoms with Gasteiger partial charge in [-0.25, -0.2) is 0 Å². The van der Waals surface area contributed by atoms with Gasteiger partial charge in [0, 0.05) is 50.8 Å². The Hall–Kier alpha value is -7.34. The van der Waals surface area contributed by atoms with Crippen molar-refractivity contribution in [2.75, 3.05) is 14.7 Å². The Morgan fingerprint density at radius 2 is 1.11 bits per heavy atom. The van der Waals surface area contributed by atoms with E-state index in [-0.39, 0.29) is 28.5 Å². The molecule has 0 radical (unpaired) electrons. The fourth-order valence-electron chi connectivity index (χ4n) is 16.0. The van der Waals surface area contributed by atoms with Gasteiger partial charge in [0.25, 0.3) is 6.71 Å². The Labute approximate surface area is 497 Å². The lowest BCUT2D eigenvalue weighted by Gasteiger charge is -2.51. The van der Waals surface area contributed by atoms with E-state index in [0.717, 1.165) is 12.1 Å². The second-order valence-electron chi connectivity index (χ2n) is 28.8. The molecule has 0 saturated heterocycles. The first-order chi connectivity index (χ1) is 39.7. The van der Waals surface area contributed by atoms with Crippen LogP contribution < -0.4 is 36.3 Å². The summed E-state index contributed by atoms with van der Waals surface area (Å²) in [6.07, 6.45) is 7.12. The molecule has 9 aromatic rings. The summed E-state index contributed by atoms with van der Waals surface area (Å²) in [5.41, 5.74) is 27.2. The van der Waals surface area contributed by atoms with E-state index in [1.54, 1.807) is 5.19 Å². The van der Waals surface area contributed by atoms with Gasteiger partial charge in [0.05, 0.1) is 19.3 Å². The van der Waals surface area contributed by atoms with Crippen LogP contribution in [0.2, 0.25) is 19.6 Å². The van der Waals surface area contributed by atoms with E-state index in [1.807, 2.05) is 0 Å². The van der Waals surface area contributed by atoms with Gasteiger partial charge in [-0.1, -0.05) is 233 Å². The van der Waals surface area contributed by atoms with E-state index in [0.29, 0.717) is 11.8 Å². The topological polar surface area (TPSA) is 9.72 Å². The maximum absolute atomic E-state index is 2.87. The zero-order valence-corrected chi connectivity index (χ0v) is 52.3. The molecule has 3 unspecified atom stereocenters. The van der Waals surface area contributed by atoms with Crippen LogP contribution in [0.3, 0.4) is 0 Å². The smallest absolute Gasteiger partial charge is 0.252 e. The summed E-state index contributed by atoms with van der Waals surface area (Å²) < 4.78 is 0. The Bertz CT molecular complexity index is 4020. The van der Waals surface area contributed by atoms with Crippen molar-refractivity contribution >= 4 is 81.9 Å². The third kappa shape index (κ3) is 8.48. The first kappa shape index (κ1) is 53.7. The first-order valence-corrected chi connectivity index (χ1v) is 34.7. The van der Waals surface area contributed by atoms with Crippen molar-refractivity contribution in [1.29, 1.82) is 0 Å². The van der Waals surface area contributed by atoms with Gasteiger partial charge in [-0.3, -0.25) is 0 Å². The molecule has 1 fully saturated rings. The average molecular weight is 1100 g/mol. The number of anilines is 8. The summed E-state index contributed by atoms with van der Waals surface area (Å²) >= 11 is 0. The summed E-state index contributed by atoms with van der Waals surface area (Å²) in [7, 11) is -1.66. The highest BCUT2D eigenvalue weighted by atomic mass is 28.3. The molecule has 5 aliphatic rings. The van der Waals surface area contributed by atoms with Crippen LogP contribution in [0, 0.1) is 5.92 Å². The number of hydrogen-bond acceptors (Lipinski definition) is 3. The number of fused-ring (bicyclic) bond motifs is 8. The highest BCUT2D eigenvalue weighted by Crippen LogP contribution is 2.62. The third-order valence-corrected chi connectivity index (χ3v) is 23.0. The Kier molecular flexibility index (Phi) is 12.5. The van der Waals surface area contributed by atoms with E-state index >= 15 is 0 Å². The van der Waals surface area contributed by atoms with Gasteiger partial charge in [0.15, 0.2) is 0 Å². The van der Waals surface area contributed by atoms with Crippen molar-refractivity contribution in [2.45, 2.75) is 148 Å². The SMILES string of the molecule is CC(C)C1CCC(C)(C)c2cc3c(cc21)N(c1ccc(C(C)(C)C)cc1-c1ccccc1)c1cc(N2c4ccc([Si](C)(C)C)cc4C4(C)CCCCC24C)cc2c1B3c1ccc(-c3ccccc3)cc1N2c1cccc(-c2ccccc2)c1. The summed E-state index contributed by atoms with van der Waals surface area (Å²) in [4.78, 5) is 8.33. The van der Waals surface area contributed by atoms with Gasteiger partial charge in [0.2, 0.25) is 0 Å². The van der Waals surface area contributed by atoms with Crippen LogP contribution in [0.25, 0.3) is 33.4 Å². The maximum atomic E-state index is 2.87. The van der Waals surface area contributed by atoms with Crippen LogP contribution in [-0.2, 0) is 16.2 Å². The van der Waals surface area contributed by atoms with Crippen LogP contribution in [0.1, 0.15) is 129 Å². The molecule has 3 atom stereocenters. The molecule has 3 heterocycles. The molecule has 83 heavy (non-hydrogen) atoms. The van der Waals surface area contributed by atoms with Crippen molar-refractivity contribution in [3.63, 3.8) is 0 Å². The molecular weight excluding hydrogens is 1020 g/mol. The standard InChI is InChI=1S/C78H82BN3Si/c1-51(2)61-39-42-76(6,7)64-50-67-71(49-63(61)64)81(68-37-34-57(75(3,4)5)45-62(68)54-29-20-15-21-30-54)73-47-59(82-69-38-35-60(83(10,11)12)48-65(69)77(8)40-22-23-41-78(77,82)9)46-72-74(73)79(67)66-36-33-56(53-27-18-14-19-28-53)44-70(66)80(72)58-32-24-31-55(43-58)52-25-16-13-17-26-52/h13-21,24-38,43-51,61H,22-23,39-42H2,1-12H3. The molecule has 1 saturated carbocycles. The Morgan fingerprint density at radius 3 is 1.77 bits per heavy atom. The van der Waals surface area contributed by atoms with Crippen molar-refractivity contribution in [2.24, 2.45) is 5.92 Å². The van der Waals surface area contributed by atoms with Crippen molar-refractivity contribution in [1.82, 2.24) is 0 Å². The largest absolute Gasteiger partial charge is 0.334 e. The number of hydrogen-bond donors (Lipinski definition) is 0. The molecular formula is C78H82BN3Si.